The molecule has 2 nitrogen and oxygen atoms in total. The molecule has 1 fully saturated rings. The summed E-state index contributed by atoms with van der Waals surface area (Å²) in [4.78, 5) is 0. The fourth-order valence-electron chi connectivity index (χ4n) is 1.23. The highest BCUT2D eigenvalue weighted by atomic mass is 32.2. The van der Waals surface area contributed by atoms with Crippen LogP contribution in [0.5, 0.6) is 0 Å². The van der Waals surface area contributed by atoms with Crippen molar-refractivity contribution in [3.05, 3.63) is 0 Å². The Morgan fingerprint density at radius 2 is 2.00 bits per heavy atom. The molecule has 1 rings (SSSR count). The Morgan fingerprint density at radius 3 is 2.40 bits per heavy atom. The van der Waals surface area contributed by atoms with E-state index in [9.17, 15) is 0 Å². The van der Waals surface area contributed by atoms with E-state index in [-0.39, 0.29) is 0 Å². The minimum atomic E-state index is 0.711. The van der Waals surface area contributed by atoms with Gasteiger partial charge in [0.05, 0.1) is 0 Å². The van der Waals surface area contributed by atoms with Crippen LogP contribution in [0.1, 0.15) is 12.8 Å². The number of hydrogen-bond acceptors (Lipinski definition) is 3. The van der Waals surface area contributed by atoms with E-state index < -0.39 is 0 Å². The maximum Gasteiger partial charge on any atom is 0.0170 e. The molecule has 0 aromatic rings. The van der Waals surface area contributed by atoms with E-state index >= 15 is 0 Å². The molecule has 1 aliphatic rings. The van der Waals surface area contributed by atoms with Gasteiger partial charge < -0.3 is 11.5 Å². The van der Waals surface area contributed by atoms with Crippen LogP contribution in [0.25, 0.3) is 0 Å². The van der Waals surface area contributed by atoms with Crippen molar-refractivity contribution in [2.45, 2.75) is 18.1 Å². The summed E-state index contributed by atoms with van der Waals surface area (Å²) in [5.41, 5.74) is 11.1. The van der Waals surface area contributed by atoms with Gasteiger partial charge in [-0.15, -0.1) is 0 Å². The van der Waals surface area contributed by atoms with Crippen molar-refractivity contribution in [3.63, 3.8) is 0 Å². The fraction of sp³-hybridized carbons (Fsp3) is 1.00. The Bertz CT molecular complexity index is 77.6. The summed E-state index contributed by atoms with van der Waals surface area (Å²) < 4.78 is 0. The Labute approximate surface area is 66.7 Å². The van der Waals surface area contributed by atoms with Gasteiger partial charge in [-0.3, -0.25) is 0 Å². The number of hydrogen-bond donors (Lipinski definition) is 2. The standard InChI is InChI=1S/C7H16N2S/c8-3-6-1-2-7(4-9)10-5-6/h6-7H,1-5,8-9H2. The van der Waals surface area contributed by atoms with Crippen molar-refractivity contribution in [1.29, 1.82) is 0 Å². The van der Waals surface area contributed by atoms with Gasteiger partial charge in [-0.2, -0.15) is 11.8 Å². The van der Waals surface area contributed by atoms with Gasteiger partial charge in [0, 0.05) is 11.8 Å². The Kier molecular flexibility index (Phi) is 3.52. The molecule has 4 N–H and O–H groups in total. The third kappa shape index (κ3) is 2.15. The third-order valence-corrected chi connectivity index (χ3v) is 3.62. The van der Waals surface area contributed by atoms with Gasteiger partial charge in [-0.05, 0) is 31.1 Å². The van der Waals surface area contributed by atoms with Crippen LogP contribution in [0.2, 0.25) is 0 Å². The van der Waals surface area contributed by atoms with Gasteiger partial charge in [0.15, 0.2) is 0 Å². The van der Waals surface area contributed by atoms with E-state index in [1.807, 2.05) is 11.8 Å². The van der Waals surface area contributed by atoms with Crippen molar-refractivity contribution in [1.82, 2.24) is 0 Å². The quantitative estimate of drug-likeness (QED) is 0.615. The lowest BCUT2D eigenvalue weighted by atomic mass is 10.0. The average Bonchev–Trinajstić information content (AvgIpc) is 2.05. The first-order valence-electron chi connectivity index (χ1n) is 3.88. The van der Waals surface area contributed by atoms with Crippen molar-refractivity contribution in [2.75, 3.05) is 18.8 Å². The van der Waals surface area contributed by atoms with Crippen LogP contribution < -0.4 is 11.5 Å². The van der Waals surface area contributed by atoms with E-state index in [1.165, 1.54) is 18.6 Å². The van der Waals surface area contributed by atoms with Crippen LogP contribution in [0.15, 0.2) is 0 Å². The second-order valence-electron chi connectivity index (χ2n) is 2.87. The monoisotopic (exact) mass is 160 g/mol. The van der Waals surface area contributed by atoms with Crippen molar-refractivity contribution >= 4 is 11.8 Å². The van der Waals surface area contributed by atoms with E-state index in [0.717, 1.165) is 19.0 Å². The summed E-state index contributed by atoms with van der Waals surface area (Å²) in [6.45, 7) is 1.69. The fourth-order valence-corrected chi connectivity index (χ4v) is 2.52. The summed E-state index contributed by atoms with van der Waals surface area (Å²) in [5.74, 6) is 1.98. The molecule has 3 heteroatoms. The number of nitrogens with two attached hydrogens (primary N) is 2. The highest BCUT2D eigenvalue weighted by Gasteiger charge is 2.18. The zero-order valence-electron chi connectivity index (χ0n) is 6.25. The van der Waals surface area contributed by atoms with E-state index in [0.29, 0.717) is 5.25 Å². The van der Waals surface area contributed by atoms with Crippen molar-refractivity contribution < 1.29 is 0 Å². The summed E-state index contributed by atoms with van der Waals surface area (Å²) in [6.07, 6.45) is 2.55. The van der Waals surface area contributed by atoms with Crippen LogP contribution in [0, 0.1) is 5.92 Å². The van der Waals surface area contributed by atoms with Crippen LogP contribution in [-0.4, -0.2) is 24.1 Å². The minimum absolute atomic E-state index is 0.711. The smallest absolute Gasteiger partial charge is 0.0170 e. The molecule has 1 saturated heterocycles. The Morgan fingerprint density at radius 1 is 1.20 bits per heavy atom. The van der Waals surface area contributed by atoms with E-state index in [1.54, 1.807) is 0 Å². The molecule has 0 radical (unpaired) electrons. The molecular formula is C7H16N2S. The second-order valence-corrected chi connectivity index (χ2v) is 4.20. The zero-order chi connectivity index (χ0) is 7.40. The van der Waals surface area contributed by atoms with Crippen LogP contribution in [0.4, 0.5) is 0 Å². The number of thioether (sulfide) groups is 1. The molecule has 0 amide bonds. The highest BCUT2D eigenvalue weighted by Crippen LogP contribution is 2.27. The maximum absolute atomic E-state index is 5.55. The molecule has 0 aliphatic carbocycles. The van der Waals surface area contributed by atoms with E-state index in [2.05, 4.69) is 0 Å². The van der Waals surface area contributed by atoms with Crippen molar-refractivity contribution in [3.8, 4) is 0 Å². The van der Waals surface area contributed by atoms with Gasteiger partial charge in [-0.1, -0.05) is 0 Å². The molecule has 2 unspecified atom stereocenters. The Balaban J connectivity index is 2.17. The van der Waals surface area contributed by atoms with Gasteiger partial charge in [0.2, 0.25) is 0 Å². The van der Waals surface area contributed by atoms with Crippen LogP contribution in [-0.2, 0) is 0 Å². The molecule has 0 aromatic heterocycles. The topological polar surface area (TPSA) is 52.0 Å². The largest absolute Gasteiger partial charge is 0.330 e. The first-order chi connectivity index (χ1) is 4.86. The molecule has 2 atom stereocenters. The van der Waals surface area contributed by atoms with Gasteiger partial charge >= 0.3 is 0 Å². The lowest BCUT2D eigenvalue weighted by Gasteiger charge is -2.25. The molecule has 10 heavy (non-hydrogen) atoms. The molecule has 0 spiro atoms. The highest BCUT2D eigenvalue weighted by molar-refractivity contribution is 8.00. The molecule has 0 bridgehead atoms. The summed E-state index contributed by atoms with van der Waals surface area (Å²) in [6, 6.07) is 0. The molecule has 1 heterocycles. The average molecular weight is 160 g/mol. The maximum atomic E-state index is 5.55. The predicted octanol–water partition coefficient (Wildman–Crippen LogP) is 0.416. The second kappa shape index (κ2) is 4.21. The number of rotatable bonds is 2. The molecular weight excluding hydrogens is 144 g/mol. The lowest BCUT2D eigenvalue weighted by molar-refractivity contribution is 0.504. The predicted molar refractivity (Wildman–Crippen MR) is 47.1 cm³/mol. The zero-order valence-corrected chi connectivity index (χ0v) is 7.07. The molecule has 0 saturated carbocycles. The lowest BCUT2D eigenvalue weighted by Crippen LogP contribution is -2.28. The van der Waals surface area contributed by atoms with Crippen LogP contribution in [0.3, 0.4) is 0 Å². The normalized spacial score (nSPS) is 34.2. The molecule has 1 aliphatic heterocycles. The summed E-state index contributed by atoms with van der Waals surface area (Å²) >= 11 is 1.99. The van der Waals surface area contributed by atoms with Gasteiger partial charge in [0.25, 0.3) is 0 Å². The SMILES string of the molecule is NCC1CCC(CN)SC1. The Hall–Kier alpha value is 0.270. The summed E-state index contributed by atoms with van der Waals surface area (Å²) in [7, 11) is 0. The first-order valence-corrected chi connectivity index (χ1v) is 4.93. The van der Waals surface area contributed by atoms with Crippen LogP contribution >= 0.6 is 11.8 Å². The molecule has 60 valence electrons. The van der Waals surface area contributed by atoms with E-state index in [4.69, 9.17) is 11.5 Å². The third-order valence-electron chi connectivity index (χ3n) is 2.06. The minimum Gasteiger partial charge on any atom is -0.330 e. The summed E-state index contributed by atoms with van der Waals surface area (Å²) in [5, 5.41) is 0.711. The van der Waals surface area contributed by atoms with Crippen molar-refractivity contribution in [2.24, 2.45) is 17.4 Å². The van der Waals surface area contributed by atoms with Gasteiger partial charge in [-0.25, -0.2) is 0 Å². The molecule has 0 aromatic carbocycles. The van der Waals surface area contributed by atoms with Gasteiger partial charge in [0.1, 0.15) is 0 Å². The first kappa shape index (κ1) is 8.37.